The van der Waals surface area contributed by atoms with Gasteiger partial charge in [0, 0.05) is 0 Å². The zero-order valence-corrected chi connectivity index (χ0v) is 10.7. The Balaban J connectivity index is 2.49. The summed E-state index contributed by atoms with van der Waals surface area (Å²) < 4.78 is 0. The molecule has 0 unspecified atom stereocenters. The molecule has 108 valence electrons. The molecule has 8 heteroatoms. The highest BCUT2D eigenvalue weighted by atomic mass is 16.4. The summed E-state index contributed by atoms with van der Waals surface area (Å²) in [6.45, 7) is 1.45. The van der Waals surface area contributed by atoms with Gasteiger partial charge in [-0.05, 0) is 26.3 Å². The van der Waals surface area contributed by atoms with E-state index in [1.807, 2.05) is 0 Å². The molecular weight excluding hydrogens is 254 g/mol. The van der Waals surface area contributed by atoms with E-state index in [9.17, 15) is 14.4 Å². The molecule has 0 aliphatic carbocycles. The van der Waals surface area contributed by atoms with Crippen LogP contribution in [0.2, 0.25) is 0 Å². The predicted octanol–water partition coefficient (Wildman–Crippen LogP) is -2.20. The van der Waals surface area contributed by atoms with Gasteiger partial charge in [-0.15, -0.1) is 0 Å². The lowest BCUT2D eigenvalue weighted by atomic mass is 10.2. The standard InChI is InChI=1S/C11H19N3O5/c1-6(11(18)19)13-10(17)8(5-15)14-9(16)7-3-2-4-12-7/h6-8,12,15H,2-5H2,1H3,(H,13,17)(H,14,16)(H,18,19)/t6-,7-,8-/m0/s1. The fourth-order valence-corrected chi connectivity index (χ4v) is 1.75. The van der Waals surface area contributed by atoms with Crippen LogP contribution in [-0.2, 0) is 14.4 Å². The molecule has 0 radical (unpaired) electrons. The van der Waals surface area contributed by atoms with Crippen LogP contribution < -0.4 is 16.0 Å². The quantitative estimate of drug-likeness (QED) is 0.374. The fourth-order valence-electron chi connectivity index (χ4n) is 1.75. The molecule has 1 heterocycles. The minimum atomic E-state index is -1.19. The monoisotopic (exact) mass is 273 g/mol. The Hall–Kier alpha value is -1.67. The van der Waals surface area contributed by atoms with E-state index in [0.29, 0.717) is 6.42 Å². The van der Waals surface area contributed by atoms with Crippen LogP contribution in [0, 0.1) is 0 Å². The number of nitrogens with one attached hydrogen (secondary N) is 3. The molecule has 1 aliphatic heterocycles. The number of rotatable bonds is 6. The highest BCUT2D eigenvalue weighted by Crippen LogP contribution is 2.04. The number of carboxylic acids is 1. The van der Waals surface area contributed by atoms with Gasteiger partial charge in [-0.1, -0.05) is 0 Å². The summed E-state index contributed by atoms with van der Waals surface area (Å²) in [5.41, 5.74) is 0. The summed E-state index contributed by atoms with van der Waals surface area (Å²) in [7, 11) is 0. The molecule has 0 aromatic rings. The first-order valence-electron chi connectivity index (χ1n) is 6.13. The van der Waals surface area contributed by atoms with E-state index in [0.717, 1.165) is 13.0 Å². The molecule has 0 bridgehead atoms. The Bertz CT molecular complexity index is 354. The third kappa shape index (κ3) is 4.49. The van der Waals surface area contributed by atoms with Crippen LogP contribution in [-0.4, -0.2) is 59.3 Å². The first-order chi connectivity index (χ1) is 8.95. The van der Waals surface area contributed by atoms with Crippen molar-refractivity contribution in [1.29, 1.82) is 0 Å². The topological polar surface area (TPSA) is 128 Å². The van der Waals surface area contributed by atoms with E-state index in [2.05, 4.69) is 16.0 Å². The highest BCUT2D eigenvalue weighted by Gasteiger charge is 2.28. The van der Waals surface area contributed by atoms with Gasteiger partial charge < -0.3 is 26.2 Å². The number of carbonyl (C=O) groups is 3. The summed E-state index contributed by atoms with van der Waals surface area (Å²) in [6.07, 6.45) is 1.56. The van der Waals surface area contributed by atoms with Crippen molar-refractivity contribution in [2.75, 3.05) is 13.2 Å². The Morgan fingerprint density at radius 3 is 2.53 bits per heavy atom. The number of carbonyl (C=O) groups excluding carboxylic acids is 2. The van der Waals surface area contributed by atoms with E-state index in [1.165, 1.54) is 6.92 Å². The van der Waals surface area contributed by atoms with Gasteiger partial charge >= 0.3 is 5.97 Å². The minimum Gasteiger partial charge on any atom is -0.480 e. The van der Waals surface area contributed by atoms with Crippen LogP contribution in [0.1, 0.15) is 19.8 Å². The molecule has 8 nitrogen and oxygen atoms in total. The molecule has 1 saturated heterocycles. The molecule has 0 saturated carbocycles. The van der Waals surface area contributed by atoms with Crippen molar-refractivity contribution < 1.29 is 24.6 Å². The molecule has 1 rings (SSSR count). The average molecular weight is 273 g/mol. The molecule has 5 N–H and O–H groups in total. The maximum Gasteiger partial charge on any atom is 0.325 e. The van der Waals surface area contributed by atoms with Crippen molar-refractivity contribution in [2.24, 2.45) is 0 Å². The van der Waals surface area contributed by atoms with Gasteiger partial charge in [0.2, 0.25) is 11.8 Å². The second kappa shape index (κ2) is 7.05. The third-order valence-electron chi connectivity index (χ3n) is 2.92. The van der Waals surface area contributed by atoms with Crippen molar-refractivity contribution >= 4 is 17.8 Å². The molecule has 2 amide bonds. The molecule has 0 spiro atoms. The van der Waals surface area contributed by atoms with Crippen LogP contribution in [0.5, 0.6) is 0 Å². The van der Waals surface area contributed by atoms with Gasteiger partial charge in [-0.3, -0.25) is 14.4 Å². The number of hydrogen-bond donors (Lipinski definition) is 5. The highest BCUT2D eigenvalue weighted by molar-refractivity contribution is 5.91. The molecule has 0 aromatic carbocycles. The molecule has 1 aliphatic rings. The van der Waals surface area contributed by atoms with Crippen LogP contribution >= 0.6 is 0 Å². The summed E-state index contributed by atoms with van der Waals surface area (Å²) in [5.74, 6) is -2.27. The SMILES string of the molecule is C[C@H](NC(=O)[C@H](CO)NC(=O)[C@@H]1CCCN1)C(=O)O. The molecule has 1 fully saturated rings. The van der Waals surface area contributed by atoms with Crippen molar-refractivity contribution in [2.45, 2.75) is 37.9 Å². The van der Waals surface area contributed by atoms with E-state index >= 15 is 0 Å². The summed E-state index contributed by atoms with van der Waals surface area (Å²) >= 11 is 0. The Kier molecular flexibility index (Phi) is 5.71. The maximum atomic E-state index is 11.8. The second-order valence-corrected chi connectivity index (χ2v) is 4.46. The number of aliphatic hydroxyl groups excluding tert-OH is 1. The Morgan fingerprint density at radius 2 is 2.05 bits per heavy atom. The van der Waals surface area contributed by atoms with Gasteiger partial charge in [0.05, 0.1) is 12.6 Å². The van der Waals surface area contributed by atoms with E-state index in [4.69, 9.17) is 10.2 Å². The molecule has 19 heavy (non-hydrogen) atoms. The summed E-state index contributed by atoms with van der Waals surface area (Å²) in [6, 6.07) is -2.58. The van der Waals surface area contributed by atoms with Crippen LogP contribution in [0.4, 0.5) is 0 Å². The second-order valence-electron chi connectivity index (χ2n) is 4.46. The number of aliphatic carboxylic acids is 1. The Labute approximate surface area is 110 Å². The van der Waals surface area contributed by atoms with E-state index < -0.39 is 30.6 Å². The van der Waals surface area contributed by atoms with Crippen molar-refractivity contribution in [1.82, 2.24) is 16.0 Å². The van der Waals surface area contributed by atoms with Gasteiger partial charge in [0.15, 0.2) is 0 Å². The van der Waals surface area contributed by atoms with Gasteiger partial charge in [-0.25, -0.2) is 0 Å². The van der Waals surface area contributed by atoms with Gasteiger partial charge in [-0.2, -0.15) is 0 Å². The third-order valence-corrected chi connectivity index (χ3v) is 2.92. The summed E-state index contributed by atoms with van der Waals surface area (Å²) in [5, 5.41) is 25.3. The van der Waals surface area contributed by atoms with Gasteiger partial charge in [0.25, 0.3) is 0 Å². The molecule has 3 atom stereocenters. The average Bonchev–Trinajstić information content (AvgIpc) is 2.88. The lowest BCUT2D eigenvalue weighted by Gasteiger charge is -2.19. The largest absolute Gasteiger partial charge is 0.480 e. The van der Waals surface area contributed by atoms with E-state index in [-0.39, 0.29) is 11.9 Å². The molecule has 0 aromatic heterocycles. The number of hydrogen-bond acceptors (Lipinski definition) is 5. The fraction of sp³-hybridized carbons (Fsp3) is 0.727. The zero-order chi connectivity index (χ0) is 14.4. The normalized spacial score (nSPS) is 21.5. The van der Waals surface area contributed by atoms with Crippen molar-refractivity contribution in [3.05, 3.63) is 0 Å². The smallest absolute Gasteiger partial charge is 0.325 e. The van der Waals surface area contributed by atoms with E-state index in [1.54, 1.807) is 0 Å². The van der Waals surface area contributed by atoms with Crippen molar-refractivity contribution in [3.8, 4) is 0 Å². The lowest BCUT2D eigenvalue weighted by molar-refractivity contribution is -0.142. The van der Waals surface area contributed by atoms with Crippen molar-refractivity contribution in [3.63, 3.8) is 0 Å². The summed E-state index contributed by atoms with van der Waals surface area (Å²) in [4.78, 5) is 34.0. The number of carboxylic acid groups (broad SMARTS) is 1. The predicted molar refractivity (Wildman–Crippen MR) is 65.3 cm³/mol. The zero-order valence-electron chi connectivity index (χ0n) is 10.7. The maximum absolute atomic E-state index is 11.8. The first-order valence-corrected chi connectivity index (χ1v) is 6.13. The van der Waals surface area contributed by atoms with Crippen LogP contribution in [0.15, 0.2) is 0 Å². The minimum absolute atomic E-state index is 0.362. The van der Waals surface area contributed by atoms with Crippen LogP contribution in [0.25, 0.3) is 0 Å². The van der Waals surface area contributed by atoms with Crippen LogP contribution in [0.3, 0.4) is 0 Å². The Morgan fingerprint density at radius 1 is 1.37 bits per heavy atom. The van der Waals surface area contributed by atoms with Gasteiger partial charge in [0.1, 0.15) is 12.1 Å². The molecular formula is C11H19N3O5. The number of aliphatic hydroxyl groups is 1. The lowest BCUT2D eigenvalue weighted by Crippen LogP contribution is -2.55. The first kappa shape index (κ1) is 15.4. The number of amides is 2.